The summed E-state index contributed by atoms with van der Waals surface area (Å²) in [4.78, 5) is 19.8. The molecular formula is C10H22NO5P. The first kappa shape index (κ1) is 16.7. The van der Waals surface area contributed by atoms with Crippen LogP contribution in [0.2, 0.25) is 0 Å². The number of unbranched alkanes of at least 4 members (excludes halogenated alkanes) is 2. The molecule has 0 saturated carbocycles. The van der Waals surface area contributed by atoms with Crippen LogP contribution in [0.5, 0.6) is 0 Å². The van der Waals surface area contributed by atoms with E-state index in [-0.39, 0.29) is 19.0 Å². The van der Waals surface area contributed by atoms with E-state index in [1.165, 1.54) is 0 Å². The van der Waals surface area contributed by atoms with Gasteiger partial charge in [0.1, 0.15) is 5.78 Å². The molecule has 7 heteroatoms. The lowest BCUT2D eigenvalue weighted by Crippen LogP contribution is -2.04. The van der Waals surface area contributed by atoms with Crippen molar-refractivity contribution in [2.45, 2.75) is 39.0 Å². The van der Waals surface area contributed by atoms with E-state index < -0.39 is 7.82 Å². The third kappa shape index (κ3) is 12.0. The van der Waals surface area contributed by atoms with E-state index in [0.717, 1.165) is 12.8 Å². The lowest BCUT2D eigenvalue weighted by molar-refractivity contribution is -0.117. The Balaban J connectivity index is 3.45. The molecule has 0 aromatic carbocycles. The summed E-state index contributed by atoms with van der Waals surface area (Å²) in [5, 5.41) is 0. The van der Waals surface area contributed by atoms with Gasteiger partial charge in [0.2, 0.25) is 0 Å². The molecule has 0 aromatic heterocycles. The van der Waals surface area contributed by atoms with Gasteiger partial charge in [0.15, 0.2) is 0 Å². The monoisotopic (exact) mass is 267 g/mol. The van der Waals surface area contributed by atoms with E-state index in [4.69, 9.17) is 10.3 Å². The first-order valence-electron chi connectivity index (χ1n) is 5.79. The molecule has 0 rings (SSSR count). The first-order valence-corrected chi connectivity index (χ1v) is 7.29. The van der Waals surface area contributed by atoms with E-state index in [1.807, 2.05) is 0 Å². The Labute approximate surface area is 102 Å². The van der Waals surface area contributed by atoms with Crippen LogP contribution in [0.25, 0.3) is 0 Å². The summed E-state index contributed by atoms with van der Waals surface area (Å²) in [6.45, 7) is 2.23. The number of phosphoric acid groups is 1. The second kappa shape index (κ2) is 9.74. The van der Waals surface area contributed by atoms with Crippen LogP contribution < -0.4 is 5.73 Å². The van der Waals surface area contributed by atoms with Crippen molar-refractivity contribution in [2.75, 3.05) is 19.8 Å². The fourth-order valence-electron chi connectivity index (χ4n) is 1.13. The van der Waals surface area contributed by atoms with Crippen molar-refractivity contribution in [1.82, 2.24) is 0 Å². The van der Waals surface area contributed by atoms with E-state index in [1.54, 1.807) is 6.92 Å². The quantitative estimate of drug-likeness (QED) is 0.436. The number of carbonyl (C=O) groups is 1. The predicted molar refractivity (Wildman–Crippen MR) is 64.5 cm³/mol. The van der Waals surface area contributed by atoms with Crippen LogP contribution in [0.1, 0.15) is 39.0 Å². The summed E-state index contributed by atoms with van der Waals surface area (Å²) >= 11 is 0. The van der Waals surface area contributed by atoms with Crippen LogP contribution in [0.15, 0.2) is 0 Å². The molecule has 0 aromatic rings. The first-order chi connectivity index (χ1) is 7.98. The molecule has 17 heavy (non-hydrogen) atoms. The summed E-state index contributed by atoms with van der Waals surface area (Å²) in [5.74, 6) is 0.156. The minimum Gasteiger partial charge on any atom is -0.330 e. The number of ketones is 1. The molecule has 0 aliphatic heterocycles. The summed E-state index contributed by atoms with van der Waals surface area (Å²) in [6.07, 6.45) is 3.28. The zero-order chi connectivity index (χ0) is 13.1. The highest BCUT2D eigenvalue weighted by Crippen LogP contribution is 2.43. The Kier molecular flexibility index (Phi) is 9.59. The summed E-state index contributed by atoms with van der Waals surface area (Å²) in [7, 11) is -3.91. The minimum absolute atomic E-state index is 0.120. The summed E-state index contributed by atoms with van der Waals surface area (Å²) in [5.41, 5.74) is 5.22. The Morgan fingerprint density at radius 1 is 1.18 bits per heavy atom. The van der Waals surface area contributed by atoms with Crippen LogP contribution in [0.3, 0.4) is 0 Å². The summed E-state index contributed by atoms with van der Waals surface area (Å²) in [6, 6.07) is 0. The molecule has 3 N–H and O–H groups in total. The Hall–Kier alpha value is -0.260. The second-order valence-electron chi connectivity index (χ2n) is 3.79. The van der Waals surface area contributed by atoms with Crippen molar-refractivity contribution >= 4 is 13.6 Å². The van der Waals surface area contributed by atoms with Gasteiger partial charge < -0.3 is 15.4 Å². The molecule has 0 aliphatic rings. The number of rotatable bonds is 11. The van der Waals surface area contributed by atoms with Crippen molar-refractivity contribution < 1.29 is 23.3 Å². The summed E-state index contributed by atoms with van der Waals surface area (Å²) < 4.78 is 20.7. The molecule has 0 aliphatic carbocycles. The highest BCUT2D eigenvalue weighted by atomic mass is 31.2. The highest BCUT2D eigenvalue weighted by Gasteiger charge is 2.19. The van der Waals surface area contributed by atoms with Gasteiger partial charge in [-0.15, -0.1) is 0 Å². The fourth-order valence-corrected chi connectivity index (χ4v) is 1.93. The van der Waals surface area contributed by atoms with Crippen molar-refractivity contribution in [1.29, 1.82) is 0 Å². The third-order valence-electron chi connectivity index (χ3n) is 2.03. The largest absolute Gasteiger partial charge is 0.472 e. The van der Waals surface area contributed by atoms with Gasteiger partial charge in [-0.25, -0.2) is 4.57 Å². The number of hydrogen-bond donors (Lipinski definition) is 2. The molecule has 0 fully saturated rings. The zero-order valence-electron chi connectivity index (χ0n) is 10.3. The lowest BCUT2D eigenvalue weighted by atomic mass is 10.1. The van der Waals surface area contributed by atoms with Crippen LogP contribution in [-0.4, -0.2) is 30.4 Å². The van der Waals surface area contributed by atoms with Gasteiger partial charge in [-0.05, 0) is 32.7 Å². The van der Waals surface area contributed by atoms with E-state index in [2.05, 4.69) is 4.52 Å². The number of Topliss-reactive ketones (excluding diaryl/α,β-unsaturated/α-hetero) is 1. The zero-order valence-corrected chi connectivity index (χ0v) is 11.2. The molecule has 0 saturated heterocycles. The van der Waals surface area contributed by atoms with Crippen LogP contribution >= 0.6 is 7.82 Å². The normalized spacial score (nSPS) is 14.5. The van der Waals surface area contributed by atoms with Gasteiger partial charge in [-0.2, -0.15) is 0 Å². The molecule has 0 amide bonds. The second-order valence-corrected chi connectivity index (χ2v) is 5.24. The average molecular weight is 267 g/mol. The van der Waals surface area contributed by atoms with Crippen molar-refractivity contribution in [3.63, 3.8) is 0 Å². The van der Waals surface area contributed by atoms with Crippen LogP contribution in [-0.2, 0) is 18.4 Å². The maximum atomic E-state index is 11.2. The molecular weight excluding hydrogens is 245 g/mol. The van der Waals surface area contributed by atoms with E-state index in [9.17, 15) is 14.3 Å². The standard InChI is InChI=1S/C10H22NO5P/c1-10(12)6-3-2-4-8-15-17(13,14)16-9-5-7-11/h2-9,11H2,1H3,(H,13,14). The molecule has 1 atom stereocenters. The molecule has 0 bridgehead atoms. The fraction of sp³-hybridized carbons (Fsp3) is 0.900. The maximum absolute atomic E-state index is 11.2. The number of hydrogen-bond acceptors (Lipinski definition) is 5. The van der Waals surface area contributed by atoms with Crippen LogP contribution in [0.4, 0.5) is 0 Å². The SMILES string of the molecule is CC(=O)CCCCCOP(=O)(O)OCCCN. The Morgan fingerprint density at radius 2 is 1.76 bits per heavy atom. The van der Waals surface area contributed by atoms with Crippen LogP contribution in [0, 0.1) is 0 Å². The smallest absolute Gasteiger partial charge is 0.330 e. The predicted octanol–water partition coefficient (Wildman–Crippen LogP) is 1.62. The topological polar surface area (TPSA) is 98.9 Å². The Bertz CT molecular complexity index is 259. The number of nitrogens with two attached hydrogens (primary N) is 1. The molecule has 1 unspecified atom stereocenters. The van der Waals surface area contributed by atoms with Crippen molar-refractivity contribution in [3.05, 3.63) is 0 Å². The van der Waals surface area contributed by atoms with E-state index in [0.29, 0.717) is 25.8 Å². The van der Waals surface area contributed by atoms with Crippen molar-refractivity contribution in [2.24, 2.45) is 5.73 Å². The van der Waals surface area contributed by atoms with Gasteiger partial charge in [0, 0.05) is 6.42 Å². The molecule has 6 nitrogen and oxygen atoms in total. The van der Waals surface area contributed by atoms with Gasteiger partial charge in [0.25, 0.3) is 0 Å². The van der Waals surface area contributed by atoms with Gasteiger partial charge in [-0.1, -0.05) is 6.42 Å². The highest BCUT2D eigenvalue weighted by molar-refractivity contribution is 7.47. The van der Waals surface area contributed by atoms with Gasteiger partial charge >= 0.3 is 7.82 Å². The van der Waals surface area contributed by atoms with Gasteiger partial charge in [-0.3, -0.25) is 9.05 Å². The molecule has 0 spiro atoms. The number of phosphoric ester groups is 1. The average Bonchev–Trinajstić information content (AvgIpc) is 2.23. The lowest BCUT2D eigenvalue weighted by Gasteiger charge is -2.11. The minimum atomic E-state index is -3.91. The third-order valence-corrected chi connectivity index (χ3v) is 3.05. The van der Waals surface area contributed by atoms with Crippen molar-refractivity contribution in [3.8, 4) is 0 Å². The molecule has 102 valence electrons. The number of carbonyl (C=O) groups excluding carboxylic acids is 1. The van der Waals surface area contributed by atoms with Gasteiger partial charge in [0.05, 0.1) is 13.2 Å². The molecule has 0 heterocycles. The maximum Gasteiger partial charge on any atom is 0.472 e. The molecule has 0 radical (unpaired) electrons. The van der Waals surface area contributed by atoms with E-state index >= 15 is 0 Å². The Morgan fingerprint density at radius 3 is 2.29 bits per heavy atom.